The molecule has 0 aliphatic carbocycles. The summed E-state index contributed by atoms with van der Waals surface area (Å²) in [6.07, 6.45) is 2.76. The molecule has 4 nitrogen and oxygen atoms in total. The monoisotopic (exact) mass is 337 g/mol. The van der Waals surface area contributed by atoms with Crippen LogP contribution in [0.4, 0.5) is 0 Å². The highest BCUT2D eigenvalue weighted by Crippen LogP contribution is 2.19. The molecule has 0 saturated heterocycles. The van der Waals surface area contributed by atoms with Crippen molar-refractivity contribution < 1.29 is 13.3 Å². The Labute approximate surface area is 142 Å². The summed E-state index contributed by atoms with van der Waals surface area (Å²) in [5, 5.41) is 3.58. The third-order valence-electron chi connectivity index (χ3n) is 3.61. The van der Waals surface area contributed by atoms with Gasteiger partial charge < -0.3 is 18.6 Å². The van der Waals surface area contributed by atoms with Gasteiger partial charge in [0.15, 0.2) is 0 Å². The fraction of sp³-hybridized carbons (Fsp3) is 0.556. The maximum atomic E-state index is 6.01. The van der Waals surface area contributed by atoms with Crippen molar-refractivity contribution in [3.8, 4) is 0 Å². The first-order chi connectivity index (χ1) is 11.2. The van der Waals surface area contributed by atoms with Crippen molar-refractivity contribution in [1.82, 2.24) is 5.32 Å². The molecule has 0 saturated carbocycles. The largest absolute Gasteiger partial charge is 0.518 e. The van der Waals surface area contributed by atoms with E-state index in [2.05, 4.69) is 31.0 Å². The molecule has 1 N–H and O–H groups in total. The number of nitrogens with one attached hydrogen (secondary N) is 1. The smallest absolute Gasteiger partial charge is 0.373 e. The quantitative estimate of drug-likeness (QED) is 0.589. The van der Waals surface area contributed by atoms with Gasteiger partial charge in [0.25, 0.3) is 0 Å². The zero-order valence-corrected chi connectivity index (χ0v) is 15.9. The van der Waals surface area contributed by atoms with E-state index in [1.165, 1.54) is 5.56 Å². The van der Waals surface area contributed by atoms with Crippen LogP contribution < -0.4 is 5.32 Å². The zero-order valence-electron chi connectivity index (χ0n) is 14.9. The average molecular weight is 338 g/mol. The molecule has 0 bridgehead atoms. The van der Waals surface area contributed by atoms with E-state index < -0.39 is 8.80 Å². The van der Waals surface area contributed by atoms with E-state index in [9.17, 15) is 0 Å². The van der Waals surface area contributed by atoms with Crippen molar-refractivity contribution in [2.75, 3.05) is 19.8 Å². The van der Waals surface area contributed by atoms with Gasteiger partial charge in [0.1, 0.15) is 0 Å². The molecule has 0 amide bonds. The van der Waals surface area contributed by atoms with Crippen molar-refractivity contribution in [3.63, 3.8) is 0 Å². The molecule has 1 atom stereocenters. The van der Waals surface area contributed by atoms with Crippen LogP contribution >= 0.6 is 0 Å². The summed E-state index contributed by atoms with van der Waals surface area (Å²) in [6, 6.07) is 8.34. The van der Waals surface area contributed by atoms with Gasteiger partial charge in [-0.05, 0) is 38.3 Å². The van der Waals surface area contributed by atoms with Crippen LogP contribution in [0.2, 0.25) is 0 Å². The predicted octanol–water partition coefficient (Wildman–Crippen LogP) is 3.79. The Morgan fingerprint density at radius 2 is 1.70 bits per heavy atom. The van der Waals surface area contributed by atoms with Crippen LogP contribution in [0.5, 0.6) is 0 Å². The first kappa shape index (κ1) is 20.1. The van der Waals surface area contributed by atoms with E-state index in [1.54, 1.807) is 0 Å². The van der Waals surface area contributed by atoms with Crippen molar-refractivity contribution in [1.29, 1.82) is 0 Å². The second-order valence-electron chi connectivity index (χ2n) is 5.19. The van der Waals surface area contributed by atoms with Crippen LogP contribution in [0, 0.1) is 0 Å². The molecule has 0 aliphatic rings. The van der Waals surface area contributed by atoms with Crippen LogP contribution in [0.15, 0.2) is 30.8 Å². The summed E-state index contributed by atoms with van der Waals surface area (Å²) in [5.74, 6) is 0. The Morgan fingerprint density at radius 3 is 2.17 bits per heavy atom. The Kier molecular flexibility index (Phi) is 9.36. The molecule has 1 unspecified atom stereocenters. The molecule has 23 heavy (non-hydrogen) atoms. The van der Waals surface area contributed by atoms with Gasteiger partial charge in [-0.15, -0.1) is 0 Å². The normalized spacial score (nSPS) is 13.0. The molecule has 0 aromatic heterocycles. The van der Waals surface area contributed by atoms with Gasteiger partial charge in [0.05, 0.1) is 5.67 Å². The van der Waals surface area contributed by atoms with Crippen molar-refractivity contribution in [3.05, 3.63) is 42.0 Å². The Balaban J connectivity index is 2.86. The van der Waals surface area contributed by atoms with Gasteiger partial charge in [-0.2, -0.15) is 0 Å². The summed E-state index contributed by atoms with van der Waals surface area (Å²) in [5.41, 5.74) is 2.42. The lowest BCUT2D eigenvalue weighted by Crippen LogP contribution is -2.61. The Bertz CT molecular complexity index is 450. The number of hydrogen-bond acceptors (Lipinski definition) is 4. The molecule has 1 aromatic rings. The number of benzene rings is 1. The minimum absolute atomic E-state index is 0.0785. The van der Waals surface area contributed by atoms with Gasteiger partial charge in [0.2, 0.25) is 0 Å². The first-order valence-electron chi connectivity index (χ1n) is 8.52. The summed E-state index contributed by atoms with van der Waals surface area (Å²) in [7, 11) is -2.73. The molecule has 1 rings (SSSR count). The third kappa shape index (κ3) is 5.86. The van der Waals surface area contributed by atoms with E-state index >= 15 is 0 Å². The average Bonchev–Trinajstić information content (AvgIpc) is 2.56. The highest BCUT2D eigenvalue weighted by molar-refractivity contribution is 6.62. The Morgan fingerprint density at radius 1 is 1.09 bits per heavy atom. The second-order valence-corrected chi connectivity index (χ2v) is 7.96. The molecule has 0 aliphatic heterocycles. The fourth-order valence-corrected chi connectivity index (χ4v) is 5.53. The molecule has 0 fully saturated rings. The van der Waals surface area contributed by atoms with E-state index in [0.29, 0.717) is 19.8 Å². The molecule has 0 spiro atoms. The van der Waals surface area contributed by atoms with Crippen LogP contribution in [0.25, 0.3) is 6.08 Å². The lowest BCUT2D eigenvalue weighted by molar-refractivity contribution is 0.0571. The minimum Gasteiger partial charge on any atom is -0.373 e. The Hall–Kier alpha value is -0.983. The van der Waals surface area contributed by atoms with Crippen molar-refractivity contribution >= 4 is 14.9 Å². The van der Waals surface area contributed by atoms with Crippen LogP contribution in [0.1, 0.15) is 45.2 Å². The van der Waals surface area contributed by atoms with E-state index in [0.717, 1.165) is 18.5 Å². The molecule has 1 aromatic carbocycles. The summed E-state index contributed by atoms with van der Waals surface area (Å²) in [4.78, 5) is 0. The zero-order chi connectivity index (χ0) is 17.1. The molecule has 5 heteroatoms. The van der Waals surface area contributed by atoms with Crippen molar-refractivity contribution in [2.24, 2.45) is 0 Å². The number of hydrogen-bond donors (Lipinski definition) is 1. The molecule has 0 heterocycles. The highest BCUT2D eigenvalue weighted by Gasteiger charge is 2.48. The summed E-state index contributed by atoms with van der Waals surface area (Å²) >= 11 is 0. The lowest BCUT2D eigenvalue weighted by atomic mass is 10.1. The van der Waals surface area contributed by atoms with Gasteiger partial charge in [-0.25, -0.2) is 0 Å². The maximum absolute atomic E-state index is 6.01. The third-order valence-corrected chi connectivity index (χ3v) is 7.15. The molecular weight excluding hydrogens is 306 g/mol. The van der Waals surface area contributed by atoms with Crippen molar-refractivity contribution in [2.45, 2.75) is 46.3 Å². The molecule has 130 valence electrons. The summed E-state index contributed by atoms with van der Waals surface area (Å²) in [6.45, 7) is 14.4. The maximum Gasteiger partial charge on any atom is 0.518 e. The van der Waals surface area contributed by atoms with E-state index in [-0.39, 0.29) is 5.67 Å². The first-order valence-corrected chi connectivity index (χ1v) is 10.3. The SMILES string of the molecule is C=Cc1cccc(CNC(CC)[Si](OCC)(OCC)OCC)c1. The topological polar surface area (TPSA) is 39.7 Å². The lowest BCUT2D eigenvalue weighted by Gasteiger charge is -2.35. The van der Waals surface area contributed by atoms with Gasteiger partial charge >= 0.3 is 8.80 Å². The van der Waals surface area contributed by atoms with Gasteiger partial charge in [-0.1, -0.05) is 43.8 Å². The number of rotatable bonds is 12. The van der Waals surface area contributed by atoms with Gasteiger partial charge in [0, 0.05) is 26.4 Å². The standard InChI is InChI=1S/C18H31NO3Si/c1-6-16-12-11-13-17(14-16)15-19-18(7-2)23(20-8-3,21-9-4)22-10-5/h6,11-14,18-19H,1,7-10,15H2,2-5H3. The van der Waals surface area contributed by atoms with Crippen LogP contribution in [0.3, 0.4) is 0 Å². The van der Waals surface area contributed by atoms with Crippen LogP contribution in [-0.4, -0.2) is 34.3 Å². The summed E-state index contributed by atoms with van der Waals surface area (Å²) < 4.78 is 18.0. The molecule has 0 radical (unpaired) electrons. The van der Waals surface area contributed by atoms with Crippen LogP contribution in [-0.2, 0) is 19.8 Å². The fourth-order valence-electron chi connectivity index (χ4n) is 2.62. The van der Waals surface area contributed by atoms with E-state index in [1.807, 2.05) is 39.0 Å². The predicted molar refractivity (Wildman–Crippen MR) is 98.1 cm³/mol. The van der Waals surface area contributed by atoms with Gasteiger partial charge in [-0.3, -0.25) is 0 Å². The second kappa shape index (κ2) is 10.7. The molecular formula is C18H31NO3Si. The van der Waals surface area contributed by atoms with E-state index in [4.69, 9.17) is 13.3 Å². The highest BCUT2D eigenvalue weighted by atomic mass is 28.4. The minimum atomic E-state index is -2.73.